The molecule has 0 fully saturated rings. The average Bonchev–Trinajstić information content (AvgIpc) is 2.62. The first-order valence-corrected chi connectivity index (χ1v) is 9.60. The van der Waals surface area contributed by atoms with Crippen LogP contribution in [0.3, 0.4) is 0 Å². The lowest BCUT2D eigenvalue weighted by Gasteiger charge is -2.06. The number of allylic oxidation sites excluding steroid dienone is 1. The minimum atomic E-state index is -0.344. The zero-order chi connectivity index (χ0) is 18.6. The third-order valence-electron chi connectivity index (χ3n) is 4.43. The Bertz CT molecular complexity index is 725. The molecule has 1 amide bonds. The maximum absolute atomic E-state index is 10.8. The predicted octanol–water partition coefficient (Wildman–Crippen LogP) is 5.17. The Morgan fingerprint density at radius 2 is 1.69 bits per heavy atom. The number of fused-ring (bicyclic) bond motifs is 1. The lowest BCUT2D eigenvalue weighted by molar-refractivity contribution is -0.113. The van der Waals surface area contributed by atoms with Crippen molar-refractivity contribution in [3.05, 3.63) is 48.0 Å². The van der Waals surface area contributed by atoms with Crippen LogP contribution in [0.2, 0.25) is 0 Å². The highest BCUT2D eigenvalue weighted by molar-refractivity contribution is 5.86. The number of nitrogens with two attached hydrogens (primary N) is 1. The topological polar surface area (TPSA) is 65.2 Å². The summed E-state index contributed by atoms with van der Waals surface area (Å²) in [5.74, 6) is 0.367. The van der Waals surface area contributed by atoms with Gasteiger partial charge in [-0.1, -0.05) is 55.9 Å². The number of carbonyl (C=O) groups is 1. The van der Waals surface area contributed by atoms with Gasteiger partial charge in [0, 0.05) is 17.5 Å². The van der Waals surface area contributed by atoms with Gasteiger partial charge >= 0.3 is 0 Å². The largest absolute Gasteiger partial charge is 0.478 e. The molecular formula is C22H30N2O2. The van der Waals surface area contributed by atoms with Crippen molar-refractivity contribution in [2.75, 3.05) is 6.61 Å². The molecule has 0 unspecified atom stereocenters. The van der Waals surface area contributed by atoms with Crippen molar-refractivity contribution in [3.8, 4) is 5.88 Å². The van der Waals surface area contributed by atoms with Gasteiger partial charge in [0.25, 0.3) is 0 Å². The number of carbonyl (C=O) groups excluding carboxylic acids is 1. The van der Waals surface area contributed by atoms with Crippen LogP contribution in [0.5, 0.6) is 5.88 Å². The fourth-order valence-electron chi connectivity index (χ4n) is 3.01. The van der Waals surface area contributed by atoms with Gasteiger partial charge in [-0.3, -0.25) is 4.79 Å². The molecule has 2 rings (SSSR count). The van der Waals surface area contributed by atoms with E-state index in [2.05, 4.69) is 17.1 Å². The van der Waals surface area contributed by atoms with Crippen LogP contribution in [-0.4, -0.2) is 17.5 Å². The Morgan fingerprint density at radius 3 is 2.46 bits per heavy atom. The Labute approximate surface area is 156 Å². The highest BCUT2D eigenvalue weighted by Crippen LogP contribution is 2.17. The fourth-order valence-corrected chi connectivity index (χ4v) is 3.01. The number of benzene rings is 1. The molecule has 1 aromatic heterocycles. The van der Waals surface area contributed by atoms with E-state index < -0.39 is 0 Å². The van der Waals surface area contributed by atoms with Crippen molar-refractivity contribution in [3.63, 3.8) is 0 Å². The zero-order valence-electron chi connectivity index (χ0n) is 15.7. The van der Waals surface area contributed by atoms with Gasteiger partial charge in [0.15, 0.2) is 0 Å². The summed E-state index contributed by atoms with van der Waals surface area (Å²) in [5.41, 5.74) is 7.19. The van der Waals surface area contributed by atoms with Crippen molar-refractivity contribution >= 4 is 16.8 Å². The van der Waals surface area contributed by atoms with Gasteiger partial charge in [0.1, 0.15) is 0 Å². The first kappa shape index (κ1) is 20.0. The molecule has 0 aliphatic rings. The van der Waals surface area contributed by atoms with Crippen molar-refractivity contribution in [2.45, 2.75) is 58.3 Å². The Balaban J connectivity index is 1.48. The van der Waals surface area contributed by atoms with E-state index >= 15 is 0 Å². The van der Waals surface area contributed by atoms with Crippen LogP contribution in [-0.2, 0) is 4.79 Å². The first-order chi connectivity index (χ1) is 12.6. The molecule has 1 aromatic carbocycles. The molecular weight excluding hydrogens is 324 g/mol. The number of ether oxygens (including phenoxy) is 1. The van der Waals surface area contributed by atoms with Gasteiger partial charge in [-0.2, -0.15) is 0 Å². The van der Waals surface area contributed by atoms with Gasteiger partial charge < -0.3 is 10.5 Å². The smallest absolute Gasteiger partial charge is 0.241 e. The molecule has 0 saturated carbocycles. The SMILES string of the molecule is CC(=CC(N)=O)CCCCCCCCCOc1ccc2ccccc2n1. The van der Waals surface area contributed by atoms with E-state index in [9.17, 15) is 4.79 Å². The van der Waals surface area contributed by atoms with E-state index in [1.807, 2.05) is 31.2 Å². The van der Waals surface area contributed by atoms with Gasteiger partial charge in [0.05, 0.1) is 12.1 Å². The molecule has 26 heavy (non-hydrogen) atoms. The molecule has 2 aromatic rings. The number of aromatic nitrogens is 1. The van der Waals surface area contributed by atoms with Gasteiger partial charge in [-0.05, 0) is 38.3 Å². The normalized spacial score (nSPS) is 11.7. The monoisotopic (exact) mass is 354 g/mol. The van der Waals surface area contributed by atoms with Crippen molar-refractivity contribution in [2.24, 2.45) is 5.73 Å². The number of amides is 1. The van der Waals surface area contributed by atoms with E-state index in [0.717, 1.165) is 42.3 Å². The van der Waals surface area contributed by atoms with Crippen molar-refractivity contribution < 1.29 is 9.53 Å². The first-order valence-electron chi connectivity index (χ1n) is 9.60. The predicted molar refractivity (Wildman–Crippen MR) is 107 cm³/mol. The maximum atomic E-state index is 10.8. The van der Waals surface area contributed by atoms with Crippen LogP contribution in [0, 0.1) is 0 Å². The van der Waals surface area contributed by atoms with E-state index in [1.54, 1.807) is 0 Å². The number of unbranched alkanes of at least 4 members (excludes halogenated alkanes) is 6. The summed E-state index contributed by atoms with van der Waals surface area (Å²) in [7, 11) is 0. The molecule has 0 bridgehead atoms. The highest BCUT2D eigenvalue weighted by Gasteiger charge is 1.99. The zero-order valence-corrected chi connectivity index (χ0v) is 15.7. The van der Waals surface area contributed by atoms with Crippen molar-refractivity contribution in [1.82, 2.24) is 4.98 Å². The summed E-state index contributed by atoms with van der Waals surface area (Å²) in [5, 5.41) is 1.14. The third-order valence-corrected chi connectivity index (χ3v) is 4.43. The molecule has 0 aliphatic carbocycles. The Hall–Kier alpha value is -2.36. The summed E-state index contributed by atoms with van der Waals surface area (Å²) >= 11 is 0. The molecule has 4 nitrogen and oxygen atoms in total. The van der Waals surface area contributed by atoms with Crippen LogP contribution in [0.25, 0.3) is 10.9 Å². The molecule has 140 valence electrons. The number of para-hydroxylation sites is 1. The second-order valence-electron chi connectivity index (χ2n) is 6.81. The summed E-state index contributed by atoms with van der Waals surface area (Å²) in [6.45, 7) is 2.69. The number of pyridine rings is 1. The van der Waals surface area contributed by atoms with Crippen LogP contribution in [0.4, 0.5) is 0 Å². The summed E-state index contributed by atoms with van der Waals surface area (Å²) < 4.78 is 5.76. The Kier molecular flexibility index (Phi) is 8.67. The van der Waals surface area contributed by atoms with Gasteiger partial charge in [-0.25, -0.2) is 4.98 Å². The average molecular weight is 354 g/mol. The van der Waals surface area contributed by atoms with E-state index in [0.29, 0.717) is 5.88 Å². The molecule has 0 atom stereocenters. The number of primary amides is 1. The number of rotatable bonds is 12. The molecule has 0 aliphatic heterocycles. The van der Waals surface area contributed by atoms with Crippen LogP contribution in [0.1, 0.15) is 58.3 Å². The van der Waals surface area contributed by atoms with Crippen LogP contribution < -0.4 is 10.5 Å². The van der Waals surface area contributed by atoms with E-state index in [1.165, 1.54) is 38.2 Å². The van der Waals surface area contributed by atoms with E-state index in [-0.39, 0.29) is 5.91 Å². The second kappa shape index (κ2) is 11.3. The number of nitrogens with zero attached hydrogens (tertiary/aromatic N) is 1. The van der Waals surface area contributed by atoms with Crippen LogP contribution >= 0.6 is 0 Å². The minimum absolute atomic E-state index is 0.344. The molecule has 0 spiro atoms. The van der Waals surface area contributed by atoms with Gasteiger partial charge in [0.2, 0.25) is 11.8 Å². The lowest BCUT2D eigenvalue weighted by atomic mass is 10.1. The second-order valence-corrected chi connectivity index (χ2v) is 6.81. The number of hydrogen-bond donors (Lipinski definition) is 1. The minimum Gasteiger partial charge on any atom is -0.478 e. The maximum Gasteiger partial charge on any atom is 0.241 e. The fraction of sp³-hybridized carbons (Fsp3) is 0.455. The highest BCUT2D eigenvalue weighted by atomic mass is 16.5. The summed E-state index contributed by atoms with van der Waals surface area (Å²) in [6, 6.07) is 12.1. The lowest BCUT2D eigenvalue weighted by Crippen LogP contribution is -2.06. The molecule has 0 radical (unpaired) electrons. The molecule has 2 N–H and O–H groups in total. The summed E-state index contributed by atoms with van der Waals surface area (Å²) in [6.07, 6.45) is 10.8. The van der Waals surface area contributed by atoms with Crippen molar-refractivity contribution in [1.29, 1.82) is 0 Å². The van der Waals surface area contributed by atoms with E-state index in [4.69, 9.17) is 10.5 Å². The molecule has 0 saturated heterocycles. The quantitative estimate of drug-likeness (QED) is 0.422. The molecule has 4 heteroatoms. The molecule has 1 heterocycles. The summed E-state index contributed by atoms with van der Waals surface area (Å²) in [4.78, 5) is 15.3. The Morgan fingerprint density at radius 1 is 1.00 bits per heavy atom. The number of hydrogen-bond acceptors (Lipinski definition) is 3. The third kappa shape index (κ3) is 7.68. The van der Waals surface area contributed by atoms with Gasteiger partial charge in [-0.15, -0.1) is 0 Å². The van der Waals surface area contributed by atoms with Crippen LogP contribution in [0.15, 0.2) is 48.0 Å². The standard InChI is InChI=1S/C22H30N2O2/c1-18(17-21(23)25)11-7-5-3-2-4-6-10-16-26-22-15-14-19-12-8-9-13-20(19)24-22/h8-9,12-15,17H,2-7,10-11,16H2,1H3,(H2,23,25).